The van der Waals surface area contributed by atoms with Gasteiger partial charge in [0, 0.05) is 10.5 Å². The predicted octanol–water partition coefficient (Wildman–Crippen LogP) is 2.25. The number of anilines is 1. The van der Waals surface area contributed by atoms with Gasteiger partial charge in [0.2, 0.25) is 10.0 Å². The predicted molar refractivity (Wildman–Crippen MR) is 77.3 cm³/mol. The summed E-state index contributed by atoms with van der Waals surface area (Å²) in [6, 6.07) is 5.68. The van der Waals surface area contributed by atoms with Gasteiger partial charge in [0.25, 0.3) is 0 Å². The molecule has 0 aliphatic carbocycles. The van der Waals surface area contributed by atoms with Crippen LogP contribution in [0.2, 0.25) is 0 Å². The number of nitrogens with one attached hydrogen (secondary N) is 2. The second kappa shape index (κ2) is 5.59. The molecule has 0 radical (unpaired) electrons. The molecule has 1 aromatic carbocycles. The van der Waals surface area contributed by atoms with Crippen molar-refractivity contribution in [3.8, 4) is 0 Å². The van der Waals surface area contributed by atoms with Crippen LogP contribution >= 0.6 is 15.9 Å². The quantitative estimate of drug-likeness (QED) is 0.889. The van der Waals surface area contributed by atoms with E-state index in [1.165, 1.54) is 0 Å². The first-order chi connectivity index (χ1) is 8.46. The molecule has 1 aromatic rings. The van der Waals surface area contributed by atoms with Crippen molar-refractivity contribution < 1.29 is 8.42 Å². The molecule has 18 heavy (non-hydrogen) atoms. The first-order valence-electron chi connectivity index (χ1n) is 5.96. The third kappa shape index (κ3) is 3.70. The minimum Gasteiger partial charge on any atom is -0.313 e. The zero-order chi connectivity index (χ0) is 13.2. The van der Waals surface area contributed by atoms with E-state index < -0.39 is 10.0 Å². The lowest BCUT2D eigenvalue weighted by Crippen LogP contribution is -2.32. The van der Waals surface area contributed by atoms with Gasteiger partial charge in [-0.3, -0.25) is 4.72 Å². The molecule has 1 unspecified atom stereocenters. The van der Waals surface area contributed by atoms with Gasteiger partial charge in [-0.2, -0.15) is 0 Å². The Morgan fingerprint density at radius 1 is 1.50 bits per heavy atom. The van der Waals surface area contributed by atoms with Crippen LogP contribution in [0.3, 0.4) is 0 Å². The number of sulfonamides is 1. The Bertz CT molecular complexity index is 525. The van der Waals surface area contributed by atoms with E-state index in [9.17, 15) is 8.42 Å². The summed E-state index contributed by atoms with van der Waals surface area (Å²) in [4.78, 5) is 0. The SMILES string of the molecule is Cc1ccc(Br)c(NS(=O)(=O)CC2CCCN2)c1. The monoisotopic (exact) mass is 332 g/mol. The van der Waals surface area contributed by atoms with Gasteiger partial charge in [0.15, 0.2) is 0 Å². The van der Waals surface area contributed by atoms with E-state index in [2.05, 4.69) is 26.0 Å². The summed E-state index contributed by atoms with van der Waals surface area (Å²) in [5.74, 6) is 0.132. The molecule has 1 fully saturated rings. The third-order valence-corrected chi connectivity index (χ3v) is 5.03. The number of hydrogen-bond donors (Lipinski definition) is 2. The molecule has 1 aliphatic rings. The Balaban J connectivity index is 2.09. The minimum atomic E-state index is -3.30. The van der Waals surface area contributed by atoms with Crippen molar-refractivity contribution in [3.05, 3.63) is 28.2 Å². The van der Waals surface area contributed by atoms with Crippen LogP contribution in [-0.4, -0.2) is 26.8 Å². The molecule has 6 heteroatoms. The average molecular weight is 333 g/mol. The van der Waals surface area contributed by atoms with Gasteiger partial charge in [-0.05, 0) is 59.9 Å². The maximum Gasteiger partial charge on any atom is 0.234 e. The average Bonchev–Trinajstić information content (AvgIpc) is 2.75. The van der Waals surface area contributed by atoms with Gasteiger partial charge in [0.05, 0.1) is 11.4 Å². The summed E-state index contributed by atoms with van der Waals surface area (Å²) in [6.07, 6.45) is 1.98. The van der Waals surface area contributed by atoms with Crippen LogP contribution in [0, 0.1) is 6.92 Å². The Morgan fingerprint density at radius 3 is 2.94 bits per heavy atom. The van der Waals surface area contributed by atoms with Gasteiger partial charge in [-0.25, -0.2) is 8.42 Å². The van der Waals surface area contributed by atoms with E-state index in [1.54, 1.807) is 0 Å². The minimum absolute atomic E-state index is 0.0751. The lowest BCUT2D eigenvalue weighted by molar-refractivity contribution is 0.582. The molecule has 1 aliphatic heterocycles. The van der Waals surface area contributed by atoms with Crippen molar-refractivity contribution in [2.45, 2.75) is 25.8 Å². The summed E-state index contributed by atoms with van der Waals surface area (Å²) in [7, 11) is -3.30. The normalized spacial score (nSPS) is 20.0. The number of halogens is 1. The van der Waals surface area contributed by atoms with Gasteiger partial charge in [0.1, 0.15) is 0 Å². The van der Waals surface area contributed by atoms with Crippen LogP contribution in [0.25, 0.3) is 0 Å². The molecule has 1 atom stereocenters. The molecular formula is C12H17BrN2O2S. The van der Waals surface area contributed by atoms with Crippen molar-refractivity contribution in [1.29, 1.82) is 0 Å². The van der Waals surface area contributed by atoms with E-state index in [1.807, 2.05) is 25.1 Å². The number of benzene rings is 1. The molecule has 0 saturated carbocycles. The molecule has 0 bridgehead atoms. The smallest absolute Gasteiger partial charge is 0.234 e. The van der Waals surface area contributed by atoms with Crippen LogP contribution in [0.4, 0.5) is 5.69 Å². The Labute approximate surface area is 116 Å². The van der Waals surface area contributed by atoms with Gasteiger partial charge >= 0.3 is 0 Å². The van der Waals surface area contributed by atoms with Crippen molar-refractivity contribution in [2.24, 2.45) is 0 Å². The number of hydrogen-bond acceptors (Lipinski definition) is 3. The summed E-state index contributed by atoms with van der Waals surface area (Å²) >= 11 is 3.35. The van der Waals surface area contributed by atoms with Crippen molar-refractivity contribution in [1.82, 2.24) is 5.32 Å². The lowest BCUT2D eigenvalue weighted by atomic mass is 10.2. The van der Waals surface area contributed by atoms with E-state index in [-0.39, 0.29) is 11.8 Å². The van der Waals surface area contributed by atoms with Crippen LogP contribution in [0.1, 0.15) is 18.4 Å². The van der Waals surface area contributed by atoms with Gasteiger partial charge in [-0.1, -0.05) is 6.07 Å². The summed E-state index contributed by atoms with van der Waals surface area (Å²) in [5.41, 5.74) is 1.63. The summed E-state index contributed by atoms with van der Waals surface area (Å²) in [5, 5.41) is 3.19. The molecular weight excluding hydrogens is 316 g/mol. The molecule has 2 rings (SSSR count). The highest BCUT2D eigenvalue weighted by molar-refractivity contribution is 9.10. The lowest BCUT2D eigenvalue weighted by Gasteiger charge is -2.14. The molecule has 0 spiro atoms. The fourth-order valence-corrected chi connectivity index (χ4v) is 3.97. The van der Waals surface area contributed by atoms with E-state index >= 15 is 0 Å². The van der Waals surface area contributed by atoms with E-state index in [4.69, 9.17) is 0 Å². The second-order valence-corrected chi connectivity index (χ2v) is 7.28. The Morgan fingerprint density at radius 2 is 2.28 bits per heavy atom. The maximum atomic E-state index is 12.0. The van der Waals surface area contributed by atoms with Crippen molar-refractivity contribution in [2.75, 3.05) is 17.0 Å². The molecule has 0 aromatic heterocycles. The maximum absolute atomic E-state index is 12.0. The molecule has 0 amide bonds. The van der Waals surface area contributed by atoms with Crippen LogP contribution < -0.4 is 10.0 Å². The van der Waals surface area contributed by atoms with Gasteiger partial charge in [-0.15, -0.1) is 0 Å². The Hall–Kier alpha value is -0.590. The van der Waals surface area contributed by atoms with Crippen LogP contribution in [0.5, 0.6) is 0 Å². The zero-order valence-corrected chi connectivity index (χ0v) is 12.6. The standard InChI is InChI=1S/C12H17BrN2O2S/c1-9-4-5-11(13)12(7-9)15-18(16,17)8-10-3-2-6-14-10/h4-5,7,10,14-15H,2-3,6,8H2,1H3. The number of aryl methyl sites for hydroxylation is 1. The highest BCUT2D eigenvalue weighted by Crippen LogP contribution is 2.24. The second-order valence-electron chi connectivity index (χ2n) is 4.66. The fraction of sp³-hybridized carbons (Fsp3) is 0.500. The molecule has 4 nitrogen and oxygen atoms in total. The van der Waals surface area contributed by atoms with Gasteiger partial charge < -0.3 is 5.32 Å². The zero-order valence-electron chi connectivity index (χ0n) is 10.2. The molecule has 2 N–H and O–H groups in total. The van der Waals surface area contributed by atoms with E-state index in [0.717, 1.165) is 29.4 Å². The molecule has 1 saturated heterocycles. The molecule has 100 valence electrons. The van der Waals surface area contributed by atoms with E-state index in [0.29, 0.717) is 5.69 Å². The largest absolute Gasteiger partial charge is 0.313 e. The summed E-state index contributed by atoms with van der Waals surface area (Å²) < 4.78 is 27.5. The highest BCUT2D eigenvalue weighted by Gasteiger charge is 2.22. The third-order valence-electron chi connectivity index (χ3n) is 2.97. The number of rotatable bonds is 4. The fourth-order valence-electron chi connectivity index (χ4n) is 2.09. The van der Waals surface area contributed by atoms with Crippen LogP contribution in [0.15, 0.2) is 22.7 Å². The highest BCUT2D eigenvalue weighted by atomic mass is 79.9. The van der Waals surface area contributed by atoms with Crippen molar-refractivity contribution in [3.63, 3.8) is 0 Å². The first-order valence-corrected chi connectivity index (χ1v) is 8.41. The summed E-state index contributed by atoms with van der Waals surface area (Å²) in [6.45, 7) is 2.84. The first kappa shape index (κ1) is 13.8. The van der Waals surface area contributed by atoms with Crippen molar-refractivity contribution >= 4 is 31.6 Å². The topological polar surface area (TPSA) is 58.2 Å². The van der Waals surface area contributed by atoms with Crippen LogP contribution in [-0.2, 0) is 10.0 Å². The molecule has 1 heterocycles. The Kier molecular flexibility index (Phi) is 4.29.